The summed E-state index contributed by atoms with van der Waals surface area (Å²) in [6.07, 6.45) is 0. The van der Waals surface area contributed by atoms with Gasteiger partial charge in [0.05, 0.1) is 19.8 Å². The van der Waals surface area contributed by atoms with Crippen molar-refractivity contribution in [3.8, 4) is 11.5 Å². The highest BCUT2D eigenvalue weighted by molar-refractivity contribution is 14.1. The number of methoxy groups -OCH3 is 2. The average molecular weight is 411 g/mol. The largest absolute Gasteiger partial charge is 0.496 e. The molecule has 0 aliphatic heterocycles. The molecule has 2 rings (SSSR count). The maximum atomic E-state index is 12.4. The lowest BCUT2D eigenvalue weighted by atomic mass is 10.1. The number of hydrogen-bond acceptors (Lipinski definition) is 3. The van der Waals surface area contributed by atoms with E-state index in [-0.39, 0.29) is 5.91 Å². The first-order valence-corrected chi connectivity index (χ1v) is 7.88. The minimum Gasteiger partial charge on any atom is -0.496 e. The number of ether oxygens (including phenoxy) is 2. The van der Waals surface area contributed by atoms with Gasteiger partial charge >= 0.3 is 0 Å². The van der Waals surface area contributed by atoms with Gasteiger partial charge in [0.25, 0.3) is 5.91 Å². The molecule has 0 aliphatic carbocycles. The zero-order valence-electron chi connectivity index (χ0n) is 12.8. The Bertz CT molecular complexity index is 686. The van der Waals surface area contributed by atoms with E-state index < -0.39 is 0 Å². The molecule has 5 heteroatoms. The third kappa shape index (κ3) is 3.91. The van der Waals surface area contributed by atoms with Crippen molar-refractivity contribution < 1.29 is 14.3 Å². The van der Waals surface area contributed by atoms with Gasteiger partial charge in [0, 0.05) is 15.7 Å². The molecule has 1 amide bonds. The zero-order chi connectivity index (χ0) is 16.1. The molecule has 0 fully saturated rings. The normalized spacial score (nSPS) is 10.2. The lowest BCUT2D eigenvalue weighted by Gasteiger charge is -2.12. The third-order valence-corrected chi connectivity index (χ3v) is 3.95. The van der Waals surface area contributed by atoms with Crippen molar-refractivity contribution in [2.24, 2.45) is 0 Å². The van der Waals surface area contributed by atoms with E-state index in [4.69, 9.17) is 9.47 Å². The van der Waals surface area contributed by atoms with E-state index in [2.05, 4.69) is 27.9 Å². The fourth-order valence-electron chi connectivity index (χ4n) is 2.16. The summed E-state index contributed by atoms with van der Waals surface area (Å²) in [4.78, 5) is 12.4. The number of amides is 1. The van der Waals surface area contributed by atoms with Crippen LogP contribution in [0.25, 0.3) is 0 Å². The van der Waals surface area contributed by atoms with Gasteiger partial charge in [-0.1, -0.05) is 11.6 Å². The molecule has 0 heterocycles. The molecular formula is C17H18INO3. The van der Waals surface area contributed by atoms with Crippen LogP contribution in [0, 0.1) is 10.5 Å². The van der Waals surface area contributed by atoms with Crippen LogP contribution in [0.2, 0.25) is 0 Å². The van der Waals surface area contributed by atoms with Crippen LogP contribution in [0.15, 0.2) is 36.4 Å². The van der Waals surface area contributed by atoms with Gasteiger partial charge in [-0.3, -0.25) is 4.79 Å². The van der Waals surface area contributed by atoms with Gasteiger partial charge in [0.15, 0.2) is 0 Å². The Balaban J connectivity index is 2.17. The molecule has 4 nitrogen and oxygen atoms in total. The van der Waals surface area contributed by atoms with Crippen molar-refractivity contribution in [1.29, 1.82) is 0 Å². The number of aryl methyl sites for hydroxylation is 1. The highest BCUT2D eigenvalue weighted by atomic mass is 127. The van der Waals surface area contributed by atoms with Crippen molar-refractivity contribution in [2.75, 3.05) is 14.2 Å². The van der Waals surface area contributed by atoms with Crippen LogP contribution >= 0.6 is 22.6 Å². The smallest absolute Gasteiger partial charge is 0.255 e. The number of hydrogen-bond donors (Lipinski definition) is 1. The molecule has 116 valence electrons. The maximum absolute atomic E-state index is 12.4. The van der Waals surface area contributed by atoms with Gasteiger partial charge in [-0.2, -0.15) is 0 Å². The molecule has 2 aromatic rings. The van der Waals surface area contributed by atoms with Crippen LogP contribution in [-0.2, 0) is 6.54 Å². The molecule has 0 radical (unpaired) electrons. The summed E-state index contributed by atoms with van der Waals surface area (Å²) in [7, 11) is 3.18. The zero-order valence-corrected chi connectivity index (χ0v) is 14.9. The standard InChI is InChI=1S/C17H18INO3/c1-11-4-6-16(22-3)14(8-11)17(20)19-10-12-9-13(18)5-7-15(12)21-2/h4-9H,10H2,1-3H3,(H,19,20). The van der Waals surface area contributed by atoms with Crippen molar-refractivity contribution in [3.05, 3.63) is 56.7 Å². The first kappa shape index (κ1) is 16.6. The summed E-state index contributed by atoms with van der Waals surface area (Å²) in [5.74, 6) is 1.16. The van der Waals surface area contributed by atoms with Crippen LogP contribution in [0.1, 0.15) is 21.5 Å². The quantitative estimate of drug-likeness (QED) is 0.766. The van der Waals surface area contributed by atoms with E-state index in [1.807, 2.05) is 37.3 Å². The Hall–Kier alpha value is -1.76. The van der Waals surface area contributed by atoms with Crippen LogP contribution < -0.4 is 14.8 Å². The number of halogens is 1. The SMILES string of the molecule is COc1ccc(I)cc1CNC(=O)c1cc(C)ccc1OC. The predicted molar refractivity (Wildman–Crippen MR) is 94.6 cm³/mol. The molecular weight excluding hydrogens is 393 g/mol. The Morgan fingerprint density at radius 3 is 2.45 bits per heavy atom. The number of carbonyl (C=O) groups is 1. The molecule has 2 aromatic carbocycles. The predicted octanol–water partition coefficient (Wildman–Crippen LogP) is 3.55. The van der Waals surface area contributed by atoms with Crippen LogP contribution in [0.4, 0.5) is 0 Å². The van der Waals surface area contributed by atoms with E-state index >= 15 is 0 Å². The molecule has 0 aliphatic rings. The lowest BCUT2D eigenvalue weighted by Crippen LogP contribution is -2.23. The molecule has 0 unspecified atom stereocenters. The number of carbonyl (C=O) groups excluding carboxylic acids is 1. The van der Waals surface area contributed by atoms with Crippen LogP contribution in [0.3, 0.4) is 0 Å². The van der Waals surface area contributed by atoms with Gasteiger partial charge in [-0.05, 0) is 59.8 Å². The third-order valence-electron chi connectivity index (χ3n) is 3.28. The Morgan fingerprint density at radius 1 is 1.09 bits per heavy atom. The fourth-order valence-corrected chi connectivity index (χ4v) is 2.71. The first-order chi connectivity index (χ1) is 10.5. The maximum Gasteiger partial charge on any atom is 0.255 e. The Morgan fingerprint density at radius 2 is 1.77 bits per heavy atom. The molecule has 0 aromatic heterocycles. The summed E-state index contributed by atoms with van der Waals surface area (Å²) in [5, 5.41) is 2.92. The second kappa shape index (κ2) is 7.49. The fraction of sp³-hybridized carbons (Fsp3) is 0.235. The lowest BCUT2D eigenvalue weighted by molar-refractivity contribution is 0.0947. The van der Waals surface area contributed by atoms with E-state index in [0.717, 1.165) is 20.4 Å². The van der Waals surface area contributed by atoms with E-state index in [0.29, 0.717) is 17.9 Å². The topological polar surface area (TPSA) is 47.6 Å². The molecule has 22 heavy (non-hydrogen) atoms. The van der Waals surface area contributed by atoms with Gasteiger partial charge < -0.3 is 14.8 Å². The Labute approximate surface area is 144 Å². The van der Waals surface area contributed by atoms with Crippen molar-refractivity contribution >= 4 is 28.5 Å². The van der Waals surface area contributed by atoms with E-state index in [9.17, 15) is 4.79 Å². The molecule has 0 atom stereocenters. The van der Waals surface area contributed by atoms with Crippen LogP contribution in [0.5, 0.6) is 11.5 Å². The second-order valence-electron chi connectivity index (χ2n) is 4.84. The summed E-state index contributed by atoms with van der Waals surface area (Å²) in [6.45, 7) is 2.34. The van der Waals surface area contributed by atoms with Crippen molar-refractivity contribution in [1.82, 2.24) is 5.32 Å². The van der Waals surface area contributed by atoms with Crippen molar-refractivity contribution in [2.45, 2.75) is 13.5 Å². The molecule has 0 bridgehead atoms. The highest BCUT2D eigenvalue weighted by Crippen LogP contribution is 2.22. The summed E-state index contributed by atoms with van der Waals surface area (Å²) in [6, 6.07) is 11.4. The summed E-state index contributed by atoms with van der Waals surface area (Å²) in [5.41, 5.74) is 2.49. The summed E-state index contributed by atoms with van der Waals surface area (Å²) < 4.78 is 11.7. The second-order valence-corrected chi connectivity index (χ2v) is 6.09. The van der Waals surface area contributed by atoms with E-state index in [1.54, 1.807) is 20.3 Å². The summed E-state index contributed by atoms with van der Waals surface area (Å²) >= 11 is 2.23. The average Bonchev–Trinajstić information content (AvgIpc) is 2.52. The van der Waals surface area contributed by atoms with E-state index in [1.165, 1.54) is 0 Å². The van der Waals surface area contributed by atoms with Gasteiger partial charge in [0.2, 0.25) is 0 Å². The minimum absolute atomic E-state index is 0.165. The molecule has 0 saturated carbocycles. The highest BCUT2D eigenvalue weighted by Gasteiger charge is 2.13. The first-order valence-electron chi connectivity index (χ1n) is 6.80. The van der Waals surface area contributed by atoms with Crippen LogP contribution in [-0.4, -0.2) is 20.1 Å². The number of benzene rings is 2. The minimum atomic E-state index is -0.165. The molecule has 0 saturated heterocycles. The molecule has 0 spiro atoms. The number of nitrogens with one attached hydrogen (secondary N) is 1. The number of rotatable bonds is 5. The van der Waals surface area contributed by atoms with Gasteiger partial charge in [-0.25, -0.2) is 0 Å². The van der Waals surface area contributed by atoms with Gasteiger partial charge in [0.1, 0.15) is 11.5 Å². The molecule has 1 N–H and O–H groups in total. The Kier molecular flexibility index (Phi) is 5.65. The van der Waals surface area contributed by atoms with Gasteiger partial charge in [-0.15, -0.1) is 0 Å². The monoisotopic (exact) mass is 411 g/mol. The van der Waals surface area contributed by atoms with Crippen molar-refractivity contribution in [3.63, 3.8) is 0 Å².